The van der Waals surface area contributed by atoms with Gasteiger partial charge in [-0.2, -0.15) is 0 Å². The minimum Gasteiger partial charge on any atom is -0.0645 e. The third-order valence-electron chi connectivity index (χ3n) is 6.56. The Kier molecular flexibility index (Phi) is 7.56. The van der Waals surface area contributed by atoms with Crippen LogP contribution in [0.5, 0.6) is 0 Å². The first-order valence-corrected chi connectivity index (χ1v) is 11.9. The molecule has 3 aromatic carbocycles. The van der Waals surface area contributed by atoms with Crippen LogP contribution in [0.25, 0.3) is 5.57 Å². The van der Waals surface area contributed by atoms with E-state index in [9.17, 15) is 0 Å². The average Bonchev–Trinajstić information content (AvgIpc) is 3.25. The fraction of sp³-hybridized carbons (Fsp3) is 0.290. The highest BCUT2D eigenvalue weighted by Crippen LogP contribution is 2.38. The Labute approximate surface area is 188 Å². The van der Waals surface area contributed by atoms with Gasteiger partial charge in [0.1, 0.15) is 0 Å². The highest BCUT2D eigenvalue weighted by Gasteiger charge is 2.21. The molecule has 0 saturated heterocycles. The van der Waals surface area contributed by atoms with Gasteiger partial charge in [-0.3, -0.25) is 0 Å². The predicted octanol–water partition coefficient (Wildman–Crippen LogP) is 8.23. The van der Waals surface area contributed by atoms with Crippen LogP contribution in [0.4, 0.5) is 0 Å². The van der Waals surface area contributed by atoms with Gasteiger partial charge in [-0.05, 0) is 72.8 Å². The summed E-state index contributed by atoms with van der Waals surface area (Å²) < 4.78 is 0. The van der Waals surface area contributed by atoms with E-state index in [1.165, 1.54) is 59.9 Å². The largest absolute Gasteiger partial charge is 0.0645 e. The smallest absolute Gasteiger partial charge is 0.00545 e. The molecule has 1 aliphatic rings. The topological polar surface area (TPSA) is 0 Å². The molecule has 1 aliphatic carbocycles. The van der Waals surface area contributed by atoms with Gasteiger partial charge >= 0.3 is 0 Å². The molecule has 0 N–H and O–H groups in total. The molecule has 1 atom stereocenters. The maximum atomic E-state index is 2.39. The van der Waals surface area contributed by atoms with Gasteiger partial charge < -0.3 is 0 Å². The van der Waals surface area contributed by atoms with Crippen molar-refractivity contribution in [1.29, 1.82) is 0 Å². The second-order valence-electron chi connectivity index (χ2n) is 8.70. The van der Waals surface area contributed by atoms with Crippen molar-refractivity contribution in [1.82, 2.24) is 0 Å². The van der Waals surface area contributed by atoms with Gasteiger partial charge in [0.15, 0.2) is 0 Å². The summed E-state index contributed by atoms with van der Waals surface area (Å²) in [6.07, 6.45) is 13.1. The highest BCUT2D eigenvalue weighted by molar-refractivity contribution is 5.74. The van der Waals surface area contributed by atoms with E-state index in [1.54, 1.807) is 5.57 Å². The Hall–Kier alpha value is -2.86. The standard InChI is InChI=1S/C31H34/c1-2-30-29(23-24-31(30)28-14-7-4-8-15-28)16-10-9-13-26-18-21-27(22-19-26)20-17-25-11-5-3-6-12-25/h3-8,11-12,14-15,18-19,21-24,30H,2,9-10,13,16-17,20H2,1H3. The molecule has 0 aliphatic heterocycles. The van der Waals surface area contributed by atoms with Crippen LogP contribution in [-0.2, 0) is 19.3 Å². The zero-order chi connectivity index (χ0) is 21.3. The monoisotopic (exact) mass is 406 g/mol. The first-order valence-electron chi connectivity index (χ1n) is 11.9. The lowest BCUT2D eigenvalue weighted by Gasteiger charge is -2.18. The Morgan fingerprint density at radius 1 is 0.548 bits per heavy atom. The molecule has 4 rings (SSSR count). The van der Waals surface area contributed by atoms with E-state index in [4.69, 9.17) is 0 Å². The van der Waals surface area contributed by atoms with Gasteiger partial charge in [-0.15, -0.1) is 0 Å². The van der Waals surface area contributed by atoms with Crippen molar-refractivity contribution in [3.05, 3.63) is 125 Å². The molecule has 0 nitrogen and oxygen atoms in total. The second-order valence-corrected chi connectivity index (χ2v) is 8.70. The molecule has 0 spiro atoms. The van der Waals surface area contributed by atoms with Gasteiger partial charge in [-0.1, -0.05) is 110 Å². The minimum absolute atomic E-state index is 0.603. The molecule has 0 aromatic heterocycles. The minimum atomic E-state index is 0.603. The summed E-state index contributed by atoms with van der Waals surface area (Å²) in [6.45, 7) is 2.32. The molecule has 0 heteroatoms. The molecule has 0 saturated carbocycles. The molecule has 0 fully saturated rings. The van der Waals surface area contributed by atoms with Crippen LogP contribution < -0.4 is 0 Å². The van der Waals surface area contributed by atoms with Crippen LogP contribution in [0.15, 0.2) is 103 Å². The summed E-state index contributed by atoms with van der Waals surface area (Å²) in [4.78, 5) is 0. The molecule has 0 amide bonds. The fourth-order valence-corrected chi connectivity index (χ4v) is 4.76. The first kappa shape index (κ1) is 21.4. The van der Waals surface area contributed by atoms with Crippen LogP contribution in [0.3, 0.4) is 0 Å². The number of aryl methyl sites for hydroxylation is 3. The van der Waals surface area contributed by atoms with Gasteiger partial charge in [0.25, 0.3) is 0 Å². The fourth-order valence-electron chi connectivity index (χ4n) is 4.76. The van der Waals surface area contributed by atoms with Crippen LogP contribution in [0.1, 0.15) is 54.9 Å². The van der Waals surface area contributed by atoms with E-state index in [1.807, 2.05) is 0 Å². The number of hydrogen-bond donors (Lipinski definition) is 0. The summed E-state index contributed by atoms with van der Waals surface area (Å²) in [7, 11) is 0. The highest BCUT2D eigenvalue weighted by atomic mass is 14.3. The van der Waals surface area contributed by atoms with Crippen LogP contribution in [0, 0.1) is 5.92 Å². The SMILES string of the molecule is CCC1C(CCCCc2ccc(CCc3ccccc3)cc2)=CC=C1c1ccccc1. The van der Waals surface area contributed by atoms with Gasteiger partial charge in [0.2, 0.25) is 0 Å². The molecule has 31 heavy (non-hydrogen) atoms. The second kappa shape index (κ2) is 11.0. The predicted molar refractivity (Wildman–Crippen MR) is 134 cm³/mol. The van der Waals surface area contributed by atoms with Crippen LogP contribution in [-0.4, -0.2) is 0 Å². The number of hydrogen-bond acceptors (Lipinski definition) is 0. The van der Waals surface area contributed by atoms with Crippen LogP contribution in [0.2, 0.25) is 0 Å². The van der Waals surface area contributed by atoms with Gasteiger partial charge in [0.05, 0.1) is 0 Å². The van der Waals surface area contributed by atoms with E-state index in [2.05, 4.69) is 104 Å². The van der Waals surface area contributed by atoms with Crippen molar-refractivity contribution in [3.63, 3.8) is 0 Å². The maximum Gasteiger partial charge on any atom is 0.00545 e. The Morgan fingerprint density at radius 3 is 1.74 bits per heavy atom. The van der Waals surface area contributed by atoms with E-state index in [-0.39, 0.29) is 0 Å². The third-order valence-corrected chi connectivity index (χ3v) is 6.56. The quantitative estimate of drug-likeness (QED) is 0.297. The van der Waals surface area contributed by atoms with Crippen molar-refractivity contribution >= 4 is 5.57 Å². The summed E-state index contributed by atoms with van der Waals surface area (Å²) in [5.74, 6) is 0.603. The normalized spacial score (nSPS) is 15.6. The zero-order valence-corrected chi connectivity index (χ0v) is 18.8. The van der Waals surface area contributed by atoms with Gasteiger partial charge in [-0.25, -0.2) is 0 Å². The third kappa shape index (κ3) is 5.85. The molecule has 158 valence electrons. The van der Waals surface area contributed by atoms with Crippen molar-refractivity contribution in [3.8, 4) is 0 Å². The van der Waals surface area contributed by atoms with E-state index < -0.39 is 0 Å². The first-order chi connectivity index (χ1) is 15.3. The van der Waals surface area contributed by atoms with E-state index >= 15 is 0 Å². The van der Waals surface area contributed by atoms with Gasteiger partial charge in [0, 0.05) is 5.92 Å². The lowest BCUT2D eigenvalue weighted by Crippen LogP contribution is -2.03. The molecule has 0 heterocycles. The van der Waals surface area contributed by atoms with Crippen molar-refractivity contribution < 1.29 is 0 Å². The van der Waals surface area contributed by atoms with Crippen LogP contribution >= 0.6 is 0 Å². The van der Waals surface area contributed by atoms with Crippen molar-refractivity contribution in [2.75, 3.05) is 0 Å². The van der Waals surface area contributed by atoms with Crippen molar-refractivity contribution in [2.45, 2.75) is 51.9 Å². The molecule has 1 unspecified atom stereocenters. The average molecular weight is 407 g/mol. The maximum absolute atomic E-state index is 2.39. The zero-order valence-electron chi connectivity index (χ0n) is 18.8. The summed E-state index contributed by atoms with van der Waals surface area (Å²) >= 11 is 0. The lowest BCUT2D eigenvalue weighted by molar-refractivity contribution is 0.658. The van der Waals surface area contributed by atoms with E-state index in [0.29, 0.717) is 5.92 Å². The Balaban J connectivity index is 1.20. The lowest BCUT2D eigenvalue weighted by atomic mass is 9.86. The van der Waals surface area contributed by atoms with E-state index in [0.717, 1.165) is 12.8 Å². The summed E-state index contributed by atoms with van der Waals surface area (Å²) in [5, 5.41) is 0. The molecule has 0 bridgehead atoms. The molecular weight excluding hydrogens is 372 g/mol. The summed E-state index contributed by atoms with van der Waals surface area (Å²) in [5.41, 5.74) is 8.84. The number of allylic oxidation sites excluding steroid dienone is 4. The summed E-state index contributed by atoms with van der Waals surface area (Å²) in [6, 6.07) is 31.0. The molecular formula is C31H34. The Morgan fingerprint density at radius 2 is 1.10 bits per heavy atom. The molecule has 0 radical (unpaired) electrons. The number of rotatable bonds is 10. The Bertz CT molecular complexity index is 991. The van der Waals surface area contributed by atoms with Crippen molar-refractivity contribution in [2.24, 2.45) is 5.92 Å². The molecule has 3 aromatic rings. The number of benzene rings is 3. The number of unbranched alkanes of at least 4 members (excludes halogenated alkanes) is 1.